The van der Waals surface area contributed by atoms with E-state index in [1.807, 2.05) is 31.2 Å². The van der Waals surface area contributed by atoms with Gasteiger partial charge in [-0.3, -0.25) is 0 Å². The first-order valence-corrected chi connectivity index (χ1v) is 7.08. The van der Waals surface area contributed by atoms with E-state index in [-0.39, 0.29) is 6.04 Å². The van der Waals surface area contributed by atoms with E-state index < -0.39 is 0 Å². The summed E-state index contributed by atoms with van der Waals surface area (Å²) in [4.78, 5) is 13.5. The summed E-state index contributed by atoms with van der Waals surface area (Å²) < 4.78 is 0. The molecule has 1 unspecified atom stereocenters. The van der Waals surface area contributed by atoms with Crippen LogP contribution in [0.2, 0.25) is 0 Å². The Bertz CT molecular complexity index is 564. The standard InChI is InChI=1S/C15H19N5/c1-11-10-14(19-13-7-3-5-9-17-13)20-15(18-11)12-6-2-4-8-16-12/h3,5,7,9-10,12,16H,2,4,6,8H2,1H3,(H,17,18,19,20). The van der Waals surface area contributed by atoms with Crippen LogP contribution in [0.5, 0.6) is 0 Å². The average molecular weight is 269 g/mol. The van der Waals surface area contributed by atoms with Crippen LogP contribution >= 0.6 is 0 Å². The van der Waals surface area contributed by atoms with Gasteiger partial charge in [-0.25, -0.2) is 15.0 Å². The van der Waals surface area contributed by atoms with Crippen LogP contribution in [0.3, 0.4) is 0 Å². The van der Waals surface area contributed by atoms with Crippen molar-refractivity contribution in [3.05, 3.63) is 42.0 Å². The molecule has 3 heterocycles. The summed E-state index contributed by atoms with van der Waals surface area (Å²) in [5, 5.41) is 6.72. The molecule has 0 amide bonds. The Hall–Kier alpha value is -2.01. The molecule has 5 heteroatoms. The average Bonchev–Trinajstić information content (AvgIpc) is 2.49. The van der Waals surface area contributed by atoms with Crippen molar-refractivity contribution >= 4 is 11.6 Å². The SMILES string of the molecule is Cc1cc(Nc2ccccn2)nc(C2CCCCN2)n1. The van der Waals surface area contributed by atoms with Crippen molar-refractivity contribution in [2.75, 3.05) is 11.9 Å². The van der Waals surface area contributed by atoms with Crippen molar-refractivity contribution < 1.29 is 0 Å². The maximum atomic E-state index is 4.63. The Balaban J connectivity index is 1.82. The normalized spacial score (nSPS) is 18.8. The maximum Gasteiger partial charge on any atom is 0.147 e. The van der Waals surface area contributed by atoms with Crippen LogP contribution in [-0.2, 0) is 0 Å². The van der Waals surface area contributed by atoms with Gasteiger partial charge in [0, 0.05) is 18.0 Å². The molecule has 0 radical (unpaired) electrons. The number of nitrogens with zero attached hydrogens (tertiary/aromatic N) is 3. The highest BCUT2D eigenvalue weighted by Gasteiger charge is 2.18. The second-order valence-corrected chi connectivity index (χ2v) is 5.10. The van der Waals surface area contributed by atoms with E-state index in [4.69, 9.17) is 0 Å². The van der Waals surface area contributed by atoms with Crippen molar-refractivity contribution in [1.29, 1.82) is 0 Å². The first-order chi connectivity index (χ1) is 9.81. The predicted molar refractivity (Wildman–Crippen MR) is 78.9 cm³/mol. The zero-order valence-corrected chi connectivity index (χ0v) is 11.6. The van der Waals surface area contributed by atoms with E-state index in [1.165, 1.54) is 12.8 Å². The Labute approximate surface area is 118 Å². The number of nitrogens with one attached hydrogen (secondary N) is 2. The van der Waals surface area contributed by atoms with Gasteiger partial charge < -0.3 is 10.6 Å². The van der Waals surface area contributed by atoms with E-state index in [0.29, 0.717) is 0 Å². The molecule has 0 bridgehead atoms. The summed E-state index contributed by atoms with van der Waals surface area (Å²) in [5.41, 5.74) is 0.973. The van der Waals surface area contributed by atoms with Crippen LogP contribution in [0.4, 0.5) is 11.6 Å². The number of piperidine rings is 1. The third-order valence-electron chi connectivity index (χ3n) is 3.41. The monoisotopic (exact) mass is 269 g/mol. The van der Waals surface area contributed by atoms with Gasteiger partial charge in [-0.05, 0) is 38.4 Å². The minimum Gasteiger partial charge on any atom is -0.325 e. The van der Waals surface area contributed by atoms with Crippen LogP contribution in [0, 0.1) is 6.92 Å². The number of rotatable bonds is 3. The van der Waals surface area contributed by atoms with Gasteiger partial charge in [0.15, 0.2) is 0 Å². The van der Waals surface area contributed by atoms with Gasteiger partial charge in [0.25, 0.3) is 0 Å². The molecule has 0 spiro atoms. The topological polar surface area (TPSA) is 62.7 Å². The van der Waals surface area contributed by atoms with E-state index >= 15 is 0 Å². The Kier molecular flexibility index (Phi) is 3.87. The first kappa shape index (κ1) is 13.0. The van der Waals surface area contributed by atoms with Gasteiger partial charge in [0.05, 0.1) is 6.04 Å². The number of anilines is 2. The third kappa shape index (κ3) is 3.11. The summed E-state index contributed by atoms with van der Waals surface area (Å²) in [7, 11) is 0. The van der Waals surface area contributed by atoms with Gasteiger partial charge in [0.1, 0.15) is 17.5 Å². The smallest absolute Gasteiger partial charge is 0.147 e. The predicted octanol–water partition coefficient (Wildman–Crippen LogP) is 2.74. The summed E-state index contributed by atoms with van der Waals surface area (Å²) in [6.07, 6.45) is 5.34. The lowest BCUT2D eigenvalue weighted by atomic mass is 10.0. The number of aryl methyl sites for hydroxylation is 1. The lowest BCUT2D eigenvalue weighted by Crippen LogP contribution is -2.28. The molecule has 0 aromatic carbocycles. The quantitative estimate of drug-likeness (QED) is 0.897. The van der Waals surface area contributed by atoms with Gasteiger partial charge in [-0.15, -0.1) is 0 Å². The zero-order chi connectivity index (χ0) is 13.8. The van der Waals surface area contributed by atoms with Crippen LogP contribution in [0.15, 0.2) is 30.5 Å². The van der Waals surface area contributed by atoms with Gasteiger partial charge in [-0.1, -0.05) is 12.5 Å². The molecule has 2 aromatic rings. The summed E-state index contributed by atoms with van der Waals surface area (Å²) in [6, 6.07) is 7.99. The van der Waals surface area contributed by atoms with E-state index in [0.717, 1.165) is 36.1 Å². The molecular weight excluding hydrogens is 250 g/mol. The van der Waals surface area contributed by atoms with Crippen molar-refractivity contribution in [3.8, 4) is 0 Å². The molecule has 2 N–H and O–H groups in total. The lowest BCUT2D eigenvalue weighted by molar-refractivity contribution is 0.397. The second kappa shape index (κ2) is 5.96. The van der Waals surface area contributed by atoms with Gasteiger partial charge in [0.2, 0.25) is 0 Å². The molecule has 5 nitrogen and oxygen atoms in total. The Morgan fingerprint density at radius 1 is 1.20 bits per heavy atom. The van der Waals surface area contributed by atoms with Gasteiger partial charge >= 0.3 is 0 Å². The van der Waals surface area contributed by atoms with Gasteiger partial charge in [-0.2, -0.15) is 0 Å². The molecule has 0 saturated carbocycles. The Morgan fingerprint density at radius 2 is 2.15 bits per heavy atom. The number of aromatic nitrogens is 3. The van der Waals surface area contributed by atoms with E-state index in [1.54, 1.807) is 6.20 Å². The van der Waals surface area contributed by atoms with E-state index in [9.17, 15) is 0 Å². The number of hydrogen-bond donors (Lipinski definition) is 2. The zero-order valence-electron chi connectivity index (χ0n) is 11.6. The number of pyridine rings is 1. The van der Waals surface area contributed by atoms with Crippen LogP contribution < -0.4 is 10.6 Å². The summed E-state index contributed by atoms with van der Waals surface area (Å²) in [5.74, 6) is 2.48. The summed E-state index contributed by atoms with van der Waals surface area (Å²) in [6.45, 7) is 3.04. The molecule has 1 atom stereocenters. The van der Waals surface area contributed by atoms with Crippen LogP contribution in [-0.4, -0.2) is 21.5 Å². The molecule has 3 rings (SSSR count). The third-order valence-corrected chi connectivity index (χ3v) is 3.41. The molecule has 1 fully saturated rings. The van der Waals surface area contributed by atoms with Crippen molar-refractivity contribution in [2.45, 2.75) is 32.2 Å². The molecule has 20 heavy (non-hydrogen) atoms. The molecule has 104 valence electrons. The molecule has 1 aliphatic heterocycles. The van der Waals surface area contributed by atoms with Crippen LogP contribution in [0.25, 0.3) is 0 Å². The highest BCUT2D eigenvalue weighted by atomic mass is 15.1. The largest absolute Gasteiger partial charge is 0.325 e. The minimum atomic E-state index is 0.271. The fraction of sp³-hybridized carbons (Fsp3) is 0.400. The van der Waals surface area contributed by atoms with Crippen molar-refractivity contribution in [3.63, 3.8) is 0 Å². The van der Waals surface area contributed by atoms with Crippen LogP contribution in [0.1, 0.15) is 36.8 Å². The molecular formula is C15H19N5. The first-order valence-electron chi connectivity index (χ1n) is 7.08. The lowest BCUT2D eigenvalue weighted by Gasteiger charge is -2.22. The molecule has 2 aromatic heterocycles. The second-order valence-electron chi connectivity index (χ2n) is 5.10. The fourth-order valence-electron chi connectivity index (χ4n) is 2.45. The van der Waals surface area contributed by atoms with Crippen molar-refractivity contribution in [2.24, 2.45) is 0 Å². The highest BCUT2D eigenvalue weighted by Crippen LogP contribution is 2.22. The molecule has 1 saturated heterocycles. The molecule has 1 aliphatic rings. The van der Waals surface area contributed by atoms with Crippen molar-refractivity contribution in [1.82, 2.24) is 20.3 Å². The Morgan fingerprint density at radius 3 is 2.90 bits per heavy atom. The fourth-order valence-corrected chi connectivity index (χ4v) is 2.45. The van der Waals surface area contributed by atoms with E-state index in [2.05, 4.69) is 25.6 Å². The summed E-state index contributed by atoms with van der Waals surface area (Å²) >= 11 is 0. The number of hydrogen-bond acceptors (Lipinski definition) is 5. The maximum absolute atomic E-state index is 4.63. The molecule has 0 aliphatic carbocycles. The highest BCUT2D eigenvalue weighted by molar-refractivity contribution is 5.51. The minimum absolute atomic E-state index is 0.271.